The number of hydrogen-bond donors (Lipinski definition) is 2. The molecule has 4 nitrogen and oxygen atoms in total. The Hall–Kier alpha value is -2.46. The van der Waals surface area contributed by atoms with E-state index < -0.39 is 0 Å². The minimum Gasteiger partial charge on any atom is -0.396 e. The van der Waals surface area contributed by atoms with E-state index in [1.54, 1.807) is 0 Å². The summed E-state index contributed by atoms with van der Waals surface area (Å²) >= 11 is 0. The molecule has 0 radical (unpaired) electrons. The number of rotatable bonds is 6. The highest BCUT2D eigenvalue weighted by Crippen LogP contribution is 2.48. The van der Waals surface area contributed by atoms with Crippen LogP contribution in [0.3, 0.4) is 0 Å². The molecule has 1 aliphatic rings. The van der Waals surface area contributed by atoms with E-state index in [0.29, 0.717) is 0 Å². The van der Waals surface area contributed by atoms with Gasteiger partial charge in [0.15, 0.2) is 5.82 Å². The quantitative estimate of drug-likeness (QED) is 0.724. The zero-order valence-electron chi connectivity index (χ0n) is 13.6. The Morgan fingerprint density at radius 1 is 0.958 bits per heavy atom. The summed E-state index contributed by atoms with van der Waals surface area (Å²) in [6.45, 7) is 1.10. The van der Waals surface area contributed by atoms with Crippen molar-refractivity contribution in [3.05, 3.63) is 54.6 Å². The van der Waals surface area contributed by atoms with Crippen LogP contribution in [0.25, 0.3) is 22.3 Å². The van der Waals surface area contributed by atoms with Crippen LogP contribution in [0.4, 0.5) is 5.82 Å². The number of para-hydroxylation sites is 1. The second-order valence-corrected chi connectivity index (χ2v) is 6.61. The van der Waals surface area contributed by atoms with Crippen LogP contribution in [-0.4, -0.2) is 28.2 Å². The summed E-state index contributed by atoms with van der Waals surface area (Å²) in [5.74, 6) is 1.62. The van der Waals surface area contributed by atoms with Gasteiger partial charge < -0.3 is 10.4 Å². The molecule has 122 valence electrons. The molecule has 0 amide bonds. The van der Waals surface area contributed by atoms with Crippen LogP contribution >= 0.6 is 0 Å². The highest BCUT2D eigenvalue weighted by Gasteiger charge is 2.41. The second-order valence-electron chi connectivity index (χ2n) is 6.61. The molecule has 3 aromatic rings. The maximum Gasteiger partial charge on any atom is 0.162 e. The average Bonchev–Trinajstić information content (AvgIpc) is 3.40. The zero-order valence-corrected chi connectivity index (χ0v) is 13.6. The third-order valence-electron chi connectivity index (χ3n) is 4.87. The Morgan fingerprint density at radius 2 is 1.71 bits per heavy atom. The zero-order chi connectivity index (χ0) is 16.4. The van der Waals surface area contributed by atoms with Crippen LogP contribution in [-0.2, 0) is 0 Å². The van der Waals surface area contributed by atoms with Crippen LogP contribution < -0.4 is 5.32 Å². The predicted molar refractivity (Wildman–Crippen MR) is 96.8 cm³/mol. The van der Waals surface area contributed by atoms with E-state index in [0.717, 1.165) is 41.1 Å². The van der Waals surface area contributed by atoms with Crippen molar-refractivity contribution < 1.29 is 5.11 Å². The lowest BCUT2D eigenvalue weighted by Crippen LogP contribution is -2.18. The molecule has 4 heteroatoms. The largest absolute Gasteiger partial charge is 0.396 e. The topological polar surface area (TPSA) is 58.0 Å². The molecular formula is C20H21N3O. The first kappa shape index (κ1) is 15.1. The van der Waals surface area contributed by atoms with Crippen LogP contribution in [0.5, 0.6) is 0 Å². The summed E-state index contributed by atoms with van der Waals surface area (Å²) in [6.07, 6.45) is 3.21. The molecule has 1 aliphatic carbocycles. The Labute approximate surface area is 141 Å². The molecule has 4 rings (SSSR count). The third kappa shape index (κ3) is 2.97. The van der Waals surface area contributed by atoms with Crippen molar-refractivity contribution in [1.29, 1.82) is 0 Å². The fraction of sp³-hybridized carbons (Fsp3) is 0.300. The van der Waals surface area contributed by atoms with Gasteiger partial charge >= 0.3 is 0 Å². The van der Waals surface area contributed by atoms with Crippen LogP contribution in [0.1, 0.15) is 19.3 Å². The maximum absolute atomic E-state index is 9.25. The smallest absolute Gasteiger partial charge is 0.162 e. The number of anilines is 1. The lowest BCUT2D eigenvalue weighted by atomic mass is 10.0. The van der Waals surface area contributed by atoms with Gasteiger partial charge in [-0.15, -0.1) is 0 Å². The number of hydrogen-bond acceptors (Lipinski definition) is 4. The summed E-state index contributed by atoms with van der Waals surface area (Å²) in [6, 6.07) is 18.2. The molecular weight excluding hydrogens is 298 g/mol. The molecule has 2 aromatic carbocycles. The van der Waals surface area contributed by atoms with Crippen LogP contribution in [0.2, 0.25) is 0 Å². The Balaban J connectivity index is 1.70. The summed E-state index contributed by atoms with van der Waals surface area (Å²) in [7, 11) is 0. The van der Waals surface area contributed by atoms with Crippen molar-refractivity contribution in [2.75, 3.05) is 18.5 Å². The fourth-order valence-corrected chi connectivity index (χ4v) is 3.13. The highest BCUT2D eigenvalue weighted by molar-refractivity contribution is 5.90. The third-order valence-corrected chi connectivity index (χ3v) is 4.87. The Morgan fingerprint density at radius 3 is 2.46 bits per heavy atom. The molecule has 1 saturated carbocycles. The van der Waals surface area contributed by atoms with Crippen molar-refractivity contribution in [2.45, 2.75) is 19.3 Å². The van der Waals surface area contributed by atoms with Crippen molar-refractivity contribution in [3.63, 3.8) is 0 Å². The number of benzene rings is 2. The molecule has 1 aromatic heterocycles. The molecule has 1 fully saturated rings. The number of nitrogens with zero attached hydrogens (tertiary/aromatic N) is 2. The minimum absolute atomic E-state index is 0.244. The molecule has 0 aliphatic heterocycles. The highest BCUT2D eigenvalue weighted by atomic mass is 16.3. The van der Waals surface area contributed by atoms with Crippen LogP contribution in [0, 0.1) is 5.41 Å². The van der Waals surface area contributed by atoms with E-state index in [-0.39, 0.29) is 12.0 Å². The van der Waals surface area contributed by atoms with Gasteiger partial charge in [0.2, 0.25) is 0 Å². The van der Waals surface area contributed by atoms with E-state index in [4.69, 9.17) is 9.97 Å². The SMILES string of the molecule is OCCC1(CNc2nc(-c3ccccc3)nc3ccccc23)CC1. The van der Waals surface area contributed by atoms with E-state index in [1.165, 1.54) is 12.8 Å². The molecule has 0 atom stereocenters. The van der Waals surface area contributed by atoms with Crippen molar-refractivity contribution >= 4 is 16.7 Å². The first-order valence-electron chi connectivity index (χ1n) is 8.47. The van der Waals surface area contributed by atoms with Gasteiger partial charge in [0, 0.05) is 24.1 Å². The van der Waals surface area contributed by atoms with Crippen molar-refractivity contribution in [3.8, 4) is 11.4 Å². The number of aliphatic hydroxyl groups is 1. The maximum atomic E-state index is 9.25. The molecule has 0 unspecified atom stereocenters. The summed E-state index contributed by atoms with van der Waals surface area (Å²) in [5, 5.41) is 13.8. The normalized spacial score (nSPS) is 15.4. The van der Waals surface area contributed by atoms with Gasteiger partial charge in [0.1, 0.15) is 5.82 Å². The lowest BCUT2D eigenvalue weighted by molar-refractivity contribution is 0.253. The molecule has 0 spiro atoms. The average molecular weight is 319 g/mol. The fourth-order valence-electron chi connectivity index (χ4n) is 3.13. The van der Waals surface area contributed by atoms with Gasteiger partial charge in [-0.1, -0.05) is 42.5 Å². The molecule has 0 bridgehead atoms. The lowest BCUT2D eigenvalue weighted by Gasteiger charge is -2.16. The van der Waals surface area contributed by atoms with Crippen LogP contribution in [0.15, 0.2) is 54.6 Å². The van der Waals surface area contributed by atoms with Gasteiger partial charge in [-0.2, -0.15) is 0 Å². The van der Waals surface area contributed by atoms with Gasteiger partial charge in [-0.25, -0.2) is 9.97 Å². The van der Waals surface area contributed by atoms with Crippen molar-refractivity contribution in [1.82, 2.24) is 9.97 Å². The molecule has 2 N–H and O–H groups in total. The van der Waals surface area contributed by atoms with Gasteiger partial charge in [-0.3, -0.25) is 0 Å². The molecule has 0 saturated heterocycles. The molecule has 24 heavy (non-hydrogen) atoms. The number of fused-ring (bicyclic) bond motifs is 1. The first-order chi connectivity index (χ1) is 11.8. The Bertz CT molecular complexity index is 844. The predicted octanol–water partition coefficient (Wildman–Crippen LogP) is 3.87. The Kier molecular flexibility index (Phi) is 3.90. The van der Waals surface area contributed by atoms with E-state index in [1.807, 2.05) is 48.5 Å². The second kappa shape index (κ2) is 6.21. The number of aliphatic hydroxyl groups excluding tert-OH is 1. The first-order valence-corrected chi connectivity index (χ1v) is 8.47. The van der Waals surface area contributed by atoms with Crippen molar-refractivity contribution in [2.24, 2.45) is 5.41 Å². The van der Waals surface area contributed by atoms with E-state index in [2.05, 4.69) is 11.4 Å². The summed E-state index contributed by atoms with van der Waals surface area (Å²) < 4.78 is 0. The van der Waals surface area contributed by atoms with E-state index >= 15 is 0 Å². The van der Waals surface area contributed by atoms with Gasteiger partial charge in [0.05, 0.1) is 5.52 Å². The standard InChI is InChI=1S/C20H21N3O/c24-13-12-20(10-11-20)14-21-19-16-8-4-5-9-17(16)22-18(23-19)15-6-2-1-3-7-15/h1-9,24H,10-14H2,(H,21,22,23). The van der Waals surface area contributed by atoms with Gasteiger partial charge in [-0.05, 0) is 36.8 Å². The summed E-state index contributed by atoms with van der Waals surface area (Å²) in [4.78, 5) is 9.49. The van der Waals surface area contributed by atoms with Gasteiger partial charge in [0.25, 0.3) is 0 Å². The monoisotopic (exact) mass is 319 g/mol. The van der Waals surface area contributed by atoms with E-state index in [9.17, 15) is 5.11 Å². The minimum atomic E-state index is 0.244. The summed E-state index contributed by atoms with van der Waals surface area (Å²) in [5.41, 5.74) is 2.21. The number of aromatic nitrogens is 2. The number of nitrogens with one attached hydrogen (secondary N) is 1. The molecule has 1 heterocycles.